The molecule has 124 valence electrons. The first kappa shape index (κ1) is 18.4. The van der Waals surface area contributed by atoms with Crippen LogP contribution in [0.1, 0.15) is 24.7 Å². The molecule has 0 spiro atoms. The van der Waals surface area contributed by atoms with E-state index in [1.807, 2.05) is 42.7 Å². The minimum absolute atomic E-state index is 0. The molecule has 0 radical (unpaired) electrons. The van der Waals surface area contributed by atoms with Crippen molar-refractivity contribution in [1.82, 2.24) is 14.9 Å². The van der Waals surface area contributed by atoms with Gasteiger partial charge in [0, 0.05) is 36.0 Å². The summed E-state index contributed by atoms with van der Waals surface area (Å²) in [6.07, 6.45) is 5.06. The average Bonchev–Trinajstić information content (AvgIpc) is 3.25. The van der Waals surface area contributed by atoms with Gasteiger partial charge in [-0.2, -0.15) is 24.7 Å². The third kappa shape index (κ3) is 6.44. The molecule has 0 unspecified atom stereocenters. The molecule has 0 bridgehead atoms. The number of hydrogen-bond acceptors (Lipinski definition) is 2. The van der Waals surface area contributed by atoms with Crippen LogP contribution in [0.15, 0.2) is 67.0 Å². The Morgan fingerprint density at radius 3 is 2.55 bits per heavy atom. The van der Waals surface area contributed by atoms with Crippen molar-refractivity contribution in [2.24, 2.45) is 0 Å². The molecule has 2 aromatic carbocycles. The first-order valence-corrected chi connectivity index (χ1v) is 7.48. The number of rotatable bonds is 6. The number of aromatic nitrogens is 2. The quantitative estimate of drug-likeness (QED) is 0.549. The molecule has 1 heterocycles. The molecule has 0 aliphatic heterocycles. The van der Waals surface area contributed by atoms with Crippen LogP contribution in [-0.2, 0) is 36.7 Å². The number of imidazole rings is 1. The van der Waals surface area contributed by atoms with Gasteiger partial charge >= 0.3 is 0 Å². The summed E-state index contributed by atoms with van der Waals surface area (Å²) in [6.45, 7) is 4.97. The summed E-state index contributed by atoms with van der Waals surface area (Å²) in [6, 6.07) is 18.4. The van der Waals surface area contributed by atoms with Crippen molar-refractivity contribution in [3.8, 4) is 0 Å². The van der Waals surface area contributed by atoms with Gasteiger partial charge in [0.2, 0.25) is 0 Å². The predicted molar refractivity (Wildman–Crippen MR) is 87.1 cm³/mol. The molecule has 0 saturated carbocycles. The zero-order valence-electron chi connectivity index (χ0n) is 12.9. The second-order valence-corrected chi connectivity index (χ2v) is 4.90. The zero-order chi connectivity index (χ0) is 14.8. The Bertz CT molecular complexity index is 550. The first-order chi connectivity index (χ1) is 10.4. The molecule has 1 N–H and O–H groups in total. The third-order valence-corrected chi connectivity index (χ3v) is 3.17. The van der Waals surface area contributed by atoms with Crippen molar-refractivity contribution in [2.75, 3.05) is 0 Å². The molecular formula is C18H23FeN3-6. The number of nitrogens with one attached hydrogen (secondary N) is 1. The Hall–Kier alpha value is -1.61. The summed E-state index contributed by atoms with van der Waals surface area (Å²) in [5, 5.41) is 3.41. The summed E-state index contributed by atoms with van der Waals surface area (Å²) in [5.41, 5.74) is 1.33. The standard InChI is InChI=1S/C13H18N3.C5H5.Fe/c1-2-8-16-9-7-15-13(16)11-14-10-12-5-3-4-6-12;1-2-4-5-3-1;/h3-7,9,14H,2,8,10-11H2,1H3;1-5H;/q-5;-1;. The van der Waals surface area contributed by atoms with Crippen molar-refractivity contribution in [2.45, 2.75) is 33.0 Å². The van der Waals surface area contributed by atoms with Crippen molar-refractivity contribution in [3.63, 3.8) is 0 Å². The molecule has 3 rings (SSSR count). The van der Waals surface area contributed by atoms with Crippen LogP contribution in [0.25, 0.3) is 0 Å². The van der Waals surface area contributed by atoms with E-state index in [-0.39, 0.29) is 17.1 Å². The van der Waals surface area contributed by atoms with E-state index in [2.05, 4.69) is 46.1 Å². The second kappa shape index (κ2) is 11.0. The van der Waals surface area contributed by atoms with Gasteiger partial charge in [0.1, 0.15) is 5.82 Å². The van der Waals surface area contributed by atoms with E-state index in [9.17, 15) is 0 Å². The van der Waals surface area contributed by atoms with E-state index in [1.54, 1.807) is 0 Å². The maximum Gasteiger partial charge on any atom is 0.122 e. The Kier molecular flexibility index (Phi) is 9.24. The van der Waals surface area contributed by atoms with Crippen LogP contribution in [0.3, 0.4) is 0 Å². The van der Waals surface area contributed by atoms with Gasteiger partial charge in [-0.25, -0.2) is 17.1 Å². The van der Waals surface area contributed by atoms with E-state index in [1.165, 1.54) is 5.56 Å². The van der Waals surface area contributed by atoms with Crippen LogP contribution in [0, 0.1) is 0 Å². The fourth-order valence-electron chi connectivity index (χ4n) is 2.12. The Morgan fingerprint density at radius 1 is 1.23 bits per heavy atom. The van der Waals surface area contributed by atoms with Crippen LogP contribution in [0.5, 0.6) is 0 Å². The van der Waals surface area contributed by atoms with Gasteiger partial charge in [-0.3, -0.25) is 0 Å². The Labute approximate surface area is 143 Å². The van der Waals surface area contributed by atoms with Gasteiger partial charge in [0.15, 0.2) is 0 Å². The SMILES string of the molecule is CCCn1ccnc1CNC[c-]1[cH-][cH-][cH-][cH-]1.[Fe].c1cc[cH-]c1. The van der Waals surface area contributed by atoms with Crippen molar-refractivity contribution < 1.29 is 17.1 Å². The normalized spacial score (nSPS) is 9.68. The minimum atomic E-state index is 0. The molecule has 3 aromatic rings. The molecule has 0 aliphatic rings. The topological polar surface area (TPSA) is 29.9 Å². The number of aryl methyl sites for hydroxylation is 1. The fourth-order valence-corrected chi connectivity index (χ4v) is 2.12. The van der Waals surface area contributed by atoms with E-state index in [0.717, 1.165) is 31.9 Å². The van der Waals surface area contributed by atoms with E-state index in [4.69, 9.17) is 0 Å². The van der Waals surface area contributed by atoms with Gasteiger partial charge in [0.05, 0.1) is 6.54 Å². The fraction of sp³-hybridized carbons (Fsp3) is 0.278. The van der Waals surface area contributed by atoms with E-state index >= 15 is 0 Å². The second-order valence-electron chi connectivity index (χ2n) is 4.90. The molecule has 0 atom stereocenters. The Morgan fingerprint density at radius 2 is 1.95 bits per heavy atom. The van der Waals surface area contributed by atoms with Crippen molar-refractivity contribution >= 4 is 0 Å². The molecule has 0 saturated heterocycles. The van der Waals surface area contributed by atoms with Crippen LogP contribution in [0.4, 0.5) is 0 Å². The van der Waals surface area contributed by atoms with Crippen LogP contribution in [0.2, 0.25) is 0 Å². The molecule has 0 fully saturated rings. The maximum atomic E-state index is 4.35. The van der Waals surface area contributed by atoms with E-state index in [0.29, 0.717) is 0 Å². The third-order valence-electron chi connectivity index (χ3n) is 3.17. The minimum Gasteiger partial charge on any atom is -0.748 e. The maximum absolute atomic E-state index is 4.35. The van der Waals surface area contributed by atoms with E-state index < -0.39 is 0 Å². The predicted octanol–water partition coefficient (Wildman–Crippen LogP) is 3.70. The number of hydrogen-bond donors (Lipinski definition) is 1. The van der Waals surface area contributed by atoms with Gasteiger partial charge in [-0.1, -0.05) is 6.92 Å². The van der Waals surface area contributed by atoms with Crippen LogP contribution >= 0.6 is 0 Å². The molecule has 22 heavy (non-hydrogen) atoms. The van der Waals surface area contributed by atoms with Gasteiger partial charge in [0.25, 0.3) is 0 Å². The van der Waals surface area contributed by atoms with Gasteiger partial charge in [-0.15, -0.1) is 0 Å². The summed E-state index contributed by atoms with van der Waals surface area (Å²) in [4.78, 5) is 4.35. The Balaban J connectivity index is 0.000000344. The van der Waals surface area contributed by atoms with Gasteiger partial charge in [-0.05, 0) is 6.42 Å². The number of nitrogens with zero attached hydrogens (tertiary/aromatic N) is 2. The van der Waals surface area contributed by atoms with Crippen LogP contribution < -0.4 is 5.32 Å². The molecule has 0 amide bonds. The molecule has 4 heteroatoms. The van der Waals surface area contributed by atoms with Crippen molar-refractivity contribution in [1.29, 1.82) is 0 Å². The van der Waals surface area contributed by atoms with Crippen LogP contribution in [-0.4, -0.2) is 9.55 Å². The zero-order valence-corrected chi connectivity index (χ0v) is 14.0. The van der Waals surface area contributed by atoms with Crippen molar-refractivity contribution in [3.05, 3.63) is 78.4 Å². The largest absolute Gasteiger partial charge is 0.748 e. The summed E-state index contributed by atoms with van der Waals surface area (Å²) in [7, 11) is 0. The monoisotopic (exact) mass is 337 g/mol. The smallest absolute Gasteiger partial charge is 0.122 e. The summed E-state index contributed by atoms with van der Waals surface area (Å²) >= 11 is 0. The average molecular weight is 337 g/mol. The first-order valence-electron chi connectivity index (χ1n) is 7.48. The molecular weight excluding hydrogens is 314 g/mol. The molecule has 3 nitrogen and oxygen atoms in total. The summed E-state index contributed by atoms with van der Waals surface area (Å²) < 4.78 is 2.21. The molecule has 0 aliphatic carbocycles. The molecule has 1 aromatic heterocycles. The van der Waals surface area contributed by atoms with Gasteiger partial charge < -0.3 is 39.7 Å². The summed E-state index contributed by atoms with van der Waals surface area (Å²) in [5.74, 6) is 1.12.